The molecule has 1 heterocycles. The van der Waals surface area contributed by atoms with Crippen molar-refractivity contribution in [2.45, 2.75) is 38.5 Å². The van der Waals surface area contributed by atoms with Crippen LogP contribution in [-0.4, -0.2) is 38.3 Å². The molecule has 0 radical (unpaired) electrons. The molecule has 4 aromatic rings. The molecule has 170 valence electrons. The highest BCUT2D eigenvalue weighted by molar-refractivity contribution is 5.97. The van der Waals surface area contributed by atoms with E-state index in [9.17, 15) is 15.0 Å². The van der Waals surface area contributed by atoms with E-state index >= 15 is 0 Å². The molecule has 1 amide bonds. The first-order chi connectivity index (χ1) is 15.8. The second kappa shape index (κ2) is 9.17. The van der Waals surface area contributed by atoms with E-state index in [1.807, 2.05) is 79.1 Å². The fourth-order valence-corrected chi connectivity index (χ4v) is 4.14. The lowest BCUT2D eigenvalue weighted by Crippen LogP contribution is -2.33. The average Bonchev–Trinajstić information content (AvgIpc) is 3.22. The number of nitrogens with one attached hydrogen (secondary N) is 1. The lowest BCUT2D eigenvalue weighted by atomic mass is 9.85. The second-order valence-corrected chi connectivity index (χ2v) is 8.60. The van der Waals surface area contributed by atoms with Crippen LogP contribution in [0.2, 0.25) is 0 Å². The van der Waals surface area contributed by atoms with E-state index in [0.717, 1.165) is 5.52 Å². The van der Waals surface area contributed by atoms with E-state index in [-0.39, 0.29) is 18.5 Å². The van der Waals surface area contributed by atoms with Crippen molar-refractivity contribution in [2.75, 3.05) is 6.54 Å². The van der Waals surface area contributed by atoms with Crippen LogP contribution in [0.1, 0.15) is 54.1 Å². The van der Waals surface area contributed by atoms with Gasteiger partial charge >= 0.3 is 0 Å². The summed E-state index contributed by atoms with van der Waals surface area (Å²) in [6, 6.07) is 24.3. The highest BCUT2D eigenvalue weighted by Crippen LogP contribution is 2.39. The predicted octanol–water partition coefficient (Wildman–Crippen LogP) is 4.01. The van der Waals surface area contributed by atoms with Gasteiger partial charge in [-0.15, -0.1) is 0 Å². The van der Waals surface area contributed by atoms with Crippen LogP contribution in [0.15, 0.2) is 78.9 Å². The number of aliphatic hydroxyl groups is 2. The number of carbonyl (C=O) groups excluding carboxylic acids is 1. The van der Waals surface area contributed by atoms with E-state index in [2.05, 4.69) is 5.32 Å². The molecule has 0 aliphatic rings. The second-order valence-electron chi connectivity index (χ2n) is 8.60. The van der Waals surface area contributed by atoms with Crippen molar-refractivity contribution in [3.05, 3.63) is 101 Å². The van der Waals surface area contributed by atoms with Crippen LogP contribution < -0.4 is 5.32 Å². The van der Waals surface area contributed by atoms with Crippen molar-refractivity contribution in [2.24, 2.45) is 0 Å². The van der Waals surface area contributed by atoms with Gasteiger partial charge < -0.3 is 20.1 Å². The van der Waals surface area contributed by atoms with Gasteiger partial charge in [-0.25, -0.2) is 4.98 Å². The molecule has 33 heavy (non-hydrogen) atoms. The van der Waals surface area contributed by atoms with Crippen LogP contribution in [0.25, 0.3) is 11.0 Å². The quantitative estimate of drug-likeness (QED) is 0.403. The van der Waals surface area contributed by atoms with Crippen LogP contribution in [0.5, 0.6) is 0 Å². The molecule has 3 aromatic carbocycles. The van der Waals surface area contributed by atoms with Crippen molar-refractivity contribution in [1.82, 2.24) is 14.9 Å². The van der Waals surface area contributed by atoms with Gasteiger partial charge in [0.2, 0.25) is 0 Å². The van der Waals surface area contributed by atoms with Crippen LogP contribution in [0.3, 0.4) is 0 Å². The van der Waals surface area contributed by atoms with Gasteiger partial charge in [-0.1, -0.05) is 60.7 Å². The normalized spacial score (nSPS) is 12.8. The van der Waals surface area contributed by atoms with Gasteiger partial charge in [0.05, 0.1) is 17.1 Å². The van der Waals surface area contributed by atoms with Gasteiger partial charge in [0.1, 0.15) is 0 Å². The van der Waals surface area contributed by atoms with Crippen LogP contribution in [-0.2, 0) is 5.60 Å². The van der Waals surface area contributed by atoms with Gasteiger partial charge in [-0.2, -0.15) is 0 Å². The Bertz CT molecular complexity index is 1210. The fraction of sp³-hybridized carbons (Fsp3) is 0.259. The van der Waals surface area contributed by atoms with Gasteiger partial charge in [0.15, 0.2) is 11.4 Å². The maximum Gasteiger partial charge on any atom is 0.251 e. The van der Waals surface area contributed by atoms with E-state index in [4.69, 9.17) is 4.98 Å². The Morgan fingerprint density at radius 2 is 1.55 bits per heavy atom. The third kappa shape index (κ3) is 4.27. The van der Waals surface area contributed by atoms with E-state index in [0.29, 0.717) is 28.0 Å². The summed E-state index contributed by atoms with van der Waals surface area (Å²) < 4.78 is 1.99. The van der Waals surface area contributed by atoms with Crippen molar-refractivity contribution >= 4 is 16.9 Å². The molecule has 0 aliphatic carbocycles. The van der Waals surface area contributed by atoms with Gasteiger partial charge in [-0.05, 0) is 50.1 Å². The van der Waals surface area contributed by atoms with E-state index in [1.54, 1.807) is 25.1 Å². The summed E-state index contributed by atoms with van der Waals surface area (Å²) in [5, 5.41) is 24.5. The Balaban J connectivity index is 1.93. The first-order valence-electron chi connectivity index (χ1n) is 11.1. The molecule has 0 fully saturated rings. The van der Waals surface area contributed by atoms with Crippen LogP contribution in [0, 0.1) is 0 Å². The predicted molar refractivity (Wildman–Crippen MR) is 129 cm³/mol. The number of aromatic nitrogens is 2. The lowest BCUT2D eigenvalue weighted by molar-refractivity contribution is 0.0924. The third-order valence-electron chi connectivity index (χ3n) is 5.73. The Hall–Kier alpha value is -3.48. The molecule has 3 N–H and O–H groups in total. The third-order valence-corrected chi connectivity index (χ3v) is 5.73. The highest BCUT2D eigenvalue weighted by atomic mass is 16.3. The van der Waals surface area contributed by atoms with Crippen molar-refractivity contribution < 1.29 is 15.0 Å². The molecule has 0 saturated heterocycles. The van der Waals surface area contributed by atoms with Crippen molar-refractivity contribution in [3.8, 4) is 0 Å². The SMILES string of the molecule is CC(C)n1c(C(O)(c2ccccc2)c2ccccc2)nc2ccc(C(=O)NC[C@@H](C)O)cc21. The molecule has 4 rings (SSSR count). The molecular weight excluding hydrogens is 414 g/mol. The molecular formula is C27H29N3O3. The van der Waals surface area contributed by atoms with Crippen molar-refractivity contribution in [1.29, 1.82) is 0 Å². The first-order valence-corrected chi connectivity index (χ1v) is 11.1. The number of imidazole rings is 1. The zero-order chi connectivity index (χ0) is 23.6. The van der Waals surface area contributed by atoms with Gasteiger partial charge in [0.25, 0.3) is 5.91 Å². The minimum Gasteiger partial charge on any atom is -0.392 e. The summed E-state index contributed by atoms with van der Waals surface area (Å²) in [5.74, 6) is 0.226. The Labute approximate surface area is 193 Å². The first kappa shape index (κ1) is 22.7. The molecule has 1 atom stereocenters. The Kier molecular flexibility index (Phi) is 6.31. The van der Waals surface area contributed by atoms with Crippen LogP contribution in [0.4, 0.5) is 0 Å². The monoisotopic (exact) mass is 443 g/mol. The number of carbonyl (C=O) groups is 1. The number of nitrogens with zero attached hydrogens (tertiary/aromatic N) is 2. The van der Waals surface area contributed by atoms with Gasteiger partial charge in [-0.3, -0.25) is 4.79 Å². The smallest absolute Gasteiger partial charge is 0.251 e. The summed E-state index contributed by atoms with van der Waals surface area (Å²) in [5.41, 5.74) is 1.86. The average molecular weight is 444 g/mol. The molecule has 1 aromatic heterocycles. The summed E-state index contributed by atoms with van der Waals surface area (Å²) in [6.07, 6.45) is -0.628. The minimum atomic E-state index is -1.49. The maximum atomic E-state index is 12.6. The maximum absolute atomic E-state index is 12.6. The minimum absolute atomic E-state index is 0.0280. The number of fused-ring (bicyclic) bond motifs is 1. The number of hydrogen-bond acceptors (Lipinski definition) is 4. The standard InChI is InChI=1S/C27H29N3O3/c1-18(2)30-24-16-20(25(32)28-17-19(3)31)14-15-23(24)29-26(30)27(33,21-10-6-4-7-11-21)22-12-8-5-9-13-22/h4-16,18-19,31,33H,17H2,1-3H3,(H,28,32)/t19-/m1/s1. The summed E-state index contributed by atoms with van der Waals surface area (Å²) >= 11 is 0. The summed E-state index contributed by atoms with van der Waals surface area (Å²) in [4.78, 5) is 17.5. The number of aliphatic hydroxyl groups excluding tert-OH is 1. The fourth-order valence-electron chi connectivity index (χ4n) is 4.14. The van der Waals surface area contributed by atoms with E-state index in [1.165, 1.54) is 0 Å². The number of amides is 1. The lowest BCUT2D eigenvalue weighted by Gasteiger charge is -2.30. The summed E-state index contributed by atoms with van der Waals surface area (Å²) in [7, 11) is 0. The molecule has 0 spiro atoms. The number of benzene rings is 3. The molecule has 6 nitrogen and oxygen atoms in total. The molecule has 0 aliphatic heterocycles. The Morgan fingerprint density at radius 1 is 0.970 bits per heavy atom. The molecule has 0 unspecified atom stereocenters. The van der Waals surface area contributed by atoms with E-state index < -0.39 is 11.7 Å². The zero-order valence-electron chi connectivity index (χ0n) is 19.1. The molecule has 0 saturated carbocycles. The van der Waals surface area contributed by atoms with Crippen molar-refractivity contribution in [3.63, 3.8) is 0 Å². The molecule has 6 heteroatoms. The highest BCUT2D eigenvalue weighted by Gasteiger charge is 2.39. The number of rotatable bonds is 7. The molecule has 0 bridgehead atoms. The Morgan fingerprint density at radius 3 is 2.06 bits per heavy atom. The largest absolute Gasteiger partial charge is 0.392 e. The van der Waals surface area contributed by atoms with Crippen LogP contribution >= 0.6 is 0 Å². The number of hydrogen-bond donors (Lipinski definition) is 3. The van der Waals surface area contributed by atoms with Gasteiger partial charge in [0, 0.05) is 18.2 Å². The zero-order valence-corrected chi connectivity index (χ0v) is 19.1. The summed E-state index contributed by atoms with van der Waals surface area (Å²) in [6.45, 7) is 5.85. The topological polar surface area (TPSA) is 87.4 Å².